The van der Waals surface area contributed by atoms with Gasteiger partial charge in [0.05, 0.1) is 16.5 Å². The zero-order valence-corrected chi connectivity index (χ0v) is 18.3. The Kier molecular flexibility index (Phi) is 6.58. The van der Waals surface area contributed by atoms with Gasteiger partial charge in [-0.2, -0.15) is 0 Å². The van der Waals surface area contributed by atoms with E-state index in [0.717, 1.165) is 10.6 Å². The van der Waals surface area contributed by atoms with Crippen molar-refractivity contribution in [2.45, 2.75) is 32.0 Å². The SMILES string of the molecule is Cc1nc(NC(=O)CSc2nnc(C(C)Oc3ccccc3Cl)n2C)sc1C. The Hall–Kier alpha value is -2.10. The van der Waals surface area contributed by atoms with E-state index in [1.165, 1.54) is 23.1 Å². The van der Waals surface area contributed by atoms with E-state index in [1.54, 1.807) is 12.1 Å². The molecule has 7 nitrogen and oxygen atoms in total. The van der Waals surface area contributed by atoms with E-state index in [0.29, 0.717) is 26.9 Å². The number of thioether (sulfide) groups is 1. The van der Waals surface area contributed by atoms with Crippen molar-refractivity contribution in [1.29, 1.82) is 0 Å². The summed E-state index contributed by atoms with van der Waals surface area (Å²) in [5.41, 5.74) is 0.929. The van der Waals surface area contributed by atoms with Crippen molar-refractivity contribution in [1.82, 2.24) is 19.7 Å². The van der Waals surface area contributed by atoms with Crippen LogP contribution in [0.5, 0.6) is 5.75 Å². The molecule has 1 amide bonds. The van der Waals surface area contributed by atoms with Gasteiger partial charge in [-0.25, -0.2) is 4.98 Å². The van der Waals surface area contributed by atoms with Crippen molar-refractivity contribution < 1.29 is 9.53 Å². The van der Waals surface area contributed by atoms with Crippen molar-refractivity contribution in [3.05, 3.63) is 45.7 Å². The first kappa shape index (κ1) is 20.6. The lowest BCUT2D eigenvalue weighted by atomic mass is 10.3. The first-order valence-electron chi connectivity index (χ1n) is 8.52. The van der Waals surface area contributed by atoms with Crippen molar-refractivity contribution >= 4 is 45.7 Å². The van der Waals surface area contributed by atoms with Gasteiger partial charge in [-0.15, -0.1) is 21.5 Å². The minimum Gasteiger partial charge on any atom is -0.481 e. The molecule has 28 heavy (non-hydrogen) atoms. The Morgan fingerprint density at radius 3 is 2.79 bits per heavy atom. The van der Waals surface area contributed by atoms with Crippen molar-refractivity contribution in [3.63, 3.8) is 0 Å². The molecule has 2 aromatic heterocycles. The summed E-state index contributed by atoms with van der Waals surface area (Å²) in [6.45, 7) is 5.77. The number of halogens is 1. The van der Waals surface area contributed by atoms with Crippen LogP contribution < -0.4 is 10.1 Å². The molecule has 1 N–H and O–H groups in total. The van der Waals surface area contributed by atoms with E-state index < -0.39 is 0 Å². The molecule has 0 aliphatic carbocycles. The molecule has 0 fully saturated rings. The van der Waals surface area contributed by atoms with E-state index in [9.17, 15) is 4.79 Å². The van der Waals surface area contributed by atoms with Crippen LogP contribution in [0.2, 0.25) is 5.02 Å². The standard InChI is InChI=1S/C18H20ClN5O2S2/c1-10-12(3)28-17(20-10)21-15(25)9-27-18-23-22-16(24(18)4)11(2)26-14-8-6-5-7-13(14)19/h5-8,11H,9H2,1-4H3,(H,20,21,25). The molecule has 0 spiro atoms. The second-order valence-electron chi connectivity index (χ2n) is 6.09. The van der Waals surface area contributed by atoms with Crippen LogP contribution in [-0.2, 0) is 11.8 Å². The summed E-state index contributed by atoms with van der Waals surface area (Å²) in [5, 5.41) is 13.0. The molecule has 0 saturated heterocycles. The molecular formula is C18H20ClN5O2S2. The van der Waals surface area contributed by atoms with Crippen LogP contribution in [0.1, 0.15) is 29.4 Å². The minimum atomic E-state index is -0.346. The Morgan fingerprint density at radius 1 is 1.36 bits per heavy atom. The van der Waals surface area contributed by atoms with Gasteiger partial charge in [-0.3, -0.25) is 4.79 Å². The highest BCUT2D eigenvalue weighted by Gasteiger charge is 2.19. The van der Waals surface area contributed by atoms with E-state index in [2.05, 4.69) is 20.5 Å². The number of thiazole rings is 1. The normalized spacial score (nSPS) is 12.0. The molecule has 0 saturated carbocycles. The lowest BCUT2D eigenvalue weighted by molar-refractivity contribution is -0.113. The third-order valence-corrected chi connectivity index (χ3v) is 6.30. The molecule has 148 valence electrons. The fraction of sp³-hybridized carbons (Fsp3) is 0.333. The van der Waals surface area contributed by atoms with Crippen LogP contribution in [0.15, 0.2) is 29.4 Å². The molecule has 1 unspecified atom stereocenters. The highest BCUT2D eigenvalue weighted by atomic mass is 35.5. The van der Waals surface area contributed by atoms with Crippen LogP contribution in [0.3, 0.4) is 0 Å². The number of ether oxygens (including phenoxy) is 1. The number of carbonyl (C=O) groups is 1. The maximum Gasteiger partial charge on any atom is 0.236 e. The van der Waals surface area contributed by atoms with Gasteiger partial charge in [0.1, 0.15) is 5.75 Å². The third-order valence-electron chi connectivity index (χ3n) is 3.98. The summed E-state index contributed by atoms with van der Waals surface area (Å²) in [7, 11) is 1.84. The molecule has 2 heterocycles. The molecule has 10 heteroatoms. The minimum absolute atomic E-state index is 0.135. The Balaban J connectivity index is 1.59. The number of hydrogen-bond donors (Lipinski definition) is 1. The average Bonchev–Trinajstić information content (AvgIpc) is 3.17. The summed E-state index contributed by atoms with van der Waals surface area (Å²) in [6.07, 6.45) is -0.346. The number of carbonyl (C=O) groups excluding carboxylic acids is 1. The molecule has 0 radical (unpaired) electrons. The van der Waals surface area contributed by atoms with Crippen LogP contribution in [-0.4, -0.2) is 31.4 Å². The first-order valence-corrected chi connectivity index (χ1v) is 10.7. The Labute approximate surface area is 176 Å². The number of anilines is 1. The van der Waals surface area contributed by atoms with Crippen molar-refractivity contribution in [3.8, 4) is 5.75 Å². The Bertz CT molecular complexity index is 969. The van der Waals surface area contributed by atoms with Crippen LogP contribution in [0.4, 0.5) is 5.13 Å². The first-order chi connectivity index (χ1) is 13.3. The lowest BCUT2D eigenvalue weighted by Gasteiger charge is -2.15. The summed E-state index contributed by atoms with van der Waals surface area (Å²) in [5.74, 6) is 1.31. The van der Waals surface area contributed by atoms with Gasteiger partial charge < -0.3 is 14.6 Å². The highest BCUT2D eigenvalue weighted by molar-refractivity contribution is 7.99. The van der Waals surface area contributed by atoms with E-state index in [-0.39, 0.29) is 17.8 Å². The topological polar surface area (TPSA) is 81.9 Å². The lowest BCUT2D eigenvalue weighted by Crippen LogP contribution is -2.14. The quantitative estimate of drug-likeness (QED) is 0.551. The predicted molar refractivity (Wildman–Crippen MR) is 112 cm³/mol. The van der Waals surface area contributed by atoms with Crippen LogP contribution in [0.25, 0.3) is 0 Å². The second kappa shape index (κ2) is 8.93. The number of amides is 1. The van der Waals surface area contributed by atoms with Crippen molar-refractivity contribution in [2.75, 3.05) is 11.1 Å². The largest absolute Gasteiger partial charge is 0.481 e. The number of hydrogen-bond acceptors (Lipinski definition) is 7. The molecule has 0 aliphatic rings. The second-order valence-corrected chi connectivity index (χ2v) is 8.64. The molecule has 0 aliphatic heterocycles. The summed E-state index contributed by atoms with van der Waals surface area (Å²) in [4.78, 5) is 17.6. The van der Waals surface area contributed by atoms with Crippen LogP contribution in [0, 0.1) is 13.8 Å². The fourth-order valence-corrected chi connectivity index (χ4v) is 4.13. The van der Waals surface area contributed by atoms with Gasteiger partial charge in [-0.05, 0) is 32.9 Å². The van der Waals surface area contributed by atoms with Gasteiger partial charge in [0.2, 0.25) is 5.91 Å². The van der Waals surface area contributed by atoms with E-state index in [4.69, 9.17) is 16.3 Å². The third kappa shape index (κ3) is 4.84. The van der Waals surface area contributed by atoms with Gasteiger partial charge >= 0.3 is 0 Å². The summed E-state index contributed by atoms with van der Waals surface area (Å²) < 4.78 is 7.71. The summed E-state index contributed by atoms with van der Waals surface area (Å²) >= 11 is 8.91. The molecule has 1 atom stereocenters. The van der Waals surface area contributed by atoms with Gasteiger partial charge in [0.25, 0.3) is 0 Å². The average molecular weight is 438 g/mol. The zero-order valence-electron chi connectivity index (χ0n) is 15.9. The Morgan fingerprint density at radius 2 is 2.11 bits per heavy atom. The maximum absolute atomic E-state index is 12.2. The number of para-hydroxylation sites is 1. The van der Waals surface area contributed by atoms with E-state index in [1.807, 2.05) is 44.5 Å². The van der Waals surface area contributed by atoms with Gasteiger partial charge in [-0.1, -0.05) is 35.5 Å². The maximum atomic E-state index is 12.2. The number of nitrogens with one attached hydrogen (secondary N) is 1. The summed E-state index contributed by atoms with van der Waals surface area (Å²) in [6, 6.07) is 7.27. The molecule has 0 bridgehead atoms. The smallest absolute Gasteiger partial charge is 0.236 e. The zero-order chi connectivity index (χ0) is 20.3. The number of rotatable bonds is 7. The van der Waals surface area contributed by atoms with E-state index >= 15 is 0 Å². The van der Waals surface area contributed by atoms with Gasteiger partial charge in [0.15, 0.2) is 22.2 Å². The number of aromatic nitrogens is 4. The highest BCUT2D eigenvalue weighted by Crippen LogP contribution is 2.29. The number of aryl methyl sites for hydroxylation is 2. The monoisotopic (exact) mass is 437 g/mol. The number of benzene rings is 1. The predicted octanol–water partition coefficient (Wildman–Crippen LogP) is 4.41. The van der Waals surface area contributed by atoms with Gasteiger partial charge in [0, 0.05) is 11.9 Å². The molecule has 1 aromatic carbocycles. The number of nitrogens with zero attached hydrogens (tertiary/aromatic N) is 4. The molecular weight excluding hydrogens is 418 g/mol. The van der Waals surface area contributed by atoms with Crippen molar-refractivity contribution in [2.24, 2.45) is 7.05 Å². The molecule has 3 aromatic rings. The molecule has 3 rings (SSSR count). The fourth-order valence-electron chi connectivity index (χ4n) is 2.40. The van der Waals surface area contributed by atoms with Crippen LogP contribution >= 0.6 is 34.7 Å².